The summed E-state index contributed by atoms with van der Waals surface area (Å²) in [7, 11) is 0. The average molecular weight is 289 g/mol. The van der Waals surface area contributed by atoms with Crippen LogP contribution in [0.25, 0.3) is 11.0 Å². The van der Waals surface area contributed by atoms with Crippen LogP contribution in [0.3, 0.4) is 0 Å². The third kappa shape index (κ3) is 3.97. The van der Waals surface area contributed by atoms with Crippen molar-refractivity contribution in [3.8, 4) is 5.75 Å². The molecule has 4 nitrogen and oxygen atoms in total. The van der Waals surface area contributed by atoms with Gasteiger partial charge in [0, 0.05) is 31.6 Å². The van der Waals surface area contributed by atoms with Crippen molar-refractivity contribution in [2.24, 2.45) is 0 Å². The van der Waals surface area contributed by atoms with Gasteiger partial charge in [0.15, 0.2) is 0 Å². The van der Waals surface area contributed by atoms with Crippen molar-refractivity contribution in [2.75, 3.05) is 13.2 Å². The average Bonchev–Trinajstić information content (AvgIpc) is 2.77. The molecule has 0 unspecified atom stereocenters. The Bertz CT molecular complexity index is 575. The first-order chi connectivity index (χ1) is 10.2. The number of aromatic nitrogens is 2. The van der Waals surface area contributed by atoms with Gasteiger partial charge in [0.2, 0.25) is 0 Å². The fourth-order valence-electron chi connectivity index (χ4n) is 2.55. The molecule has 0 fully saturated rings. The molecular weight excluding hydrogens is 262 g/mol. The molecule has 2 rings (SSSR count). The number of benzene rings is 1. The fraction of sp³-hybridized carbons (Fsp3) is 0.588. The van der Waals surface area contributed by atoms with Gasteiger partial charge in [0.25, 0.3) is 0 Å². The molecule has 1 aromatic heterocycles. The van der Waals surface area contributed by atoms with Crippen molar-refractivity contribution in [1.29, 1.82) is 0 Å². The van der Waals surface area contributed by atoms with Crippen molar-refractivity contribution in [1.82, 2.24) is 14.9 Å². The Morgan fingerprint density at radius 1 is 1.29 bits per heavy atom. The molecule has 0 atom stereocenters. The SMILES string of the molecule is CCCn1c(CCNC(C)C)nc2cc(OCC)ccc21. The number of rotatable bonds is 8. The Labute approximate surface area is 127 Å². The van der Waals surface area contributed by atoms with Crippen LogP contribution in [0.15, 0.2) is 18.2 Å². The van der Waals surface area contributed by atoms with E-state index in [0.717, 1.165) is 43.0 Å². The van der Waals surface area contributed by atoms with Crippen LogP contribution < -0.4 is 10.1 Å². The van der Waals surface area contributed by atoms with Gasteiger partial charge < -0.3 is 14.6 Å². The lowest BCUT2D eigenvalue weighted by Crippen LogP contribution is -2.25. The first-order valence-corrected chi connectivity index (χ1v) is 8.01. The van der Waals surface area contributed by atoms with E-state index in [1.807, 2.05) is 19.1 Å². The van der Waals surface area contributed by atoms with Gasteiger partial charge >= 0.3 is 0 Å². The van der Waals surface area contributed by atoms with Gasteiger partial charge in [-0.05, 0) is 25.5 Å². The van der Waals surface area contributed by atoms with E-state index in [1.165, 1.54) is 5.52 Å². The molecule has 0 bridgehead atoms. The second-order valence-corrected chi connectivity index (χ2v) is 5.62. The van der Waals surface area contributed by atoms with E-state index in [0.29, 0.717) is 12.6 Å². The van der Waals surface area contributed by atoms with Crippen molar-refractivity contribution in [3.63, 3.8) is 0 Å². The number of ether oxygens (including phenoxy) is 1. The van der Waals surface area contributed by atoms with Gasteiger partial charge in [-0.15, -0.1) is 0 Å². The Balaban J connectivity index is 2.27. The van der Waals surface area contributed by atoms with E-state index in [2.05, 4.69) is 36.7 Å². The van der Waals surface area contributed by atoms with Crippen LogP contribution in [0.2, 0.25) is 0 Å². The molecule has 1 N–H and O–H groups in total. The van der Waals surface area contributed by atoms with Crippen LogP contribution in [-0.2, 0) is 13.0 Å². The predicted molar refractivity (Wildman–Crippen MR) is 88.0 cm³/mol. The summed E-state index contributed by atoms with van der Waals surface area (Å²) >= 11 is 0. The quantitative estimate of drug-likeness (QED) is 0.809. The number of hydrogen-bond acceptors (Lipinski definition) is 3. The maximum absolute atomic E-state index is 5.57. The smallest absolute Gasteiger partial charge is 0.121 e. The van der Waals surface area contributed by atoms with E-state index in [4.69, 9.17) is 9.72 Å². The summed E-state index contributed by atoms with van der Waals surface area (Å²) in [5.41, 5.74) is 2.24. The zero-order chi connectivity index (χ0) is 15.2. The number of fused-ring (bicyclic) bond motifs is 1. The van der Waals surface area contributed by atoms with Crippen molar-refractivity contribution in [2.45, 2.75) is 53.1 Å². The van der Waals surface area contributed by atoms with Gasteiger partial charge in [-0.2, -0.15) is 0 Å². The first-order valence-electron chi connectivity index (χ1n) is 8.01. The highest BCUT2D eigenvalue weighted by atomic mass is 16.5. The number of hydrogen-bond donors (Lipinski definition) is 1. The van der Waals surface area contributed by atoms with Crippen LogP contribution in [0.5, 0.6) is 5.75 Å². The van der Waals surface area contributed by atoms with Crippen LogP contribution >= 0.6 is 0 Å². The molecule has 0 saturated carbocycles. The summed E-state index contributed by atoms with van der Waals surface area (Å²) in [5, 5.41) is 3.46. The summed E-state index contributed by atoms with van der Waals surface area (Å²) in [5.74, 6) is 2.06. The van der Waals surface area contributed by atoms with E-state index < -0.39 is 0 Å². The summed E-state index contributed by atoms with van der Waals surface area (Å²) in [6.45, 7) is 11.2. The molecule has 0 saturated heterocycles. The van der Waals surface area contributed by atoms with Gasteiger partial charge in [-0.3, -0.25) is 0 Å². The second kappa shape index (κ2) is 7.46. The molecule has 0 amide bonds. The molecule has 0 spiro atoms. The van der Waals surface area contributed by atoms with Crippen molar-refractivity contribution in [3.05, 3.63) is 24.0 Å². The highest BCUT2D eigenvalue weighted by molar-refractivity contribution is 5.77. The molecular formula is C17H27N3O. The highest BCUT2D eigenvalue weighted by Gasteiger charge is 2.11. The van der Waals surface area contributed by atoms with Crippen molar-refractivity contribution >= 4 is 11.0 Å². The third-order valence-corrected chi connectivity index (χ3v) is 3.46. The zero-order valence-corrected chi connectivity index (χ0v) is 13.6. The number of aryl methyl sites for hydroxylation is 1. The minimum absolute atomic E-state index is 0.513. The molecule has 1 heterocycles. The molecule has 0 aliphatic heterocycles. The minimum atomic E-state index is 0.513. The Morgan fingerprint density at radius 2 is 2.10 bits per heavy atom. The number of imidazole rings is 1. The fourth-order valence-corrected chi connectivity index (χ4v) is 2.55. The van der Waals surface area contributed by atoms with Gasteiger partial charge in [0.1, 0.15) is 11.6 Å². The second-order valence-electron chi connectivity index (χ2n) is 5.62. The van der Waals surface area contributed by atoms with Gasteiger partial charge in [-0.1, -0.05) is 20.8 Å². The Morgan fingerprint density at radius 3 is 2.76 bits per heavy atom. The highest BCUT2D eigenvalue weighted by Crippen LogP contribution is 2.22. The number of nitrogens with zero attached hydrogens (tertiary/aromatic N) is 2. The minimum Gasteiger partial charge on any atom is -0.494 e. The molecule has 21 heavy (non-hydrogen) atoms. The Kier molecular flexibility index (Phi) is 5.62. The van der Waals surface area contributed by atoms with E-state index in [-0.39, 0.29) is 0 Å². The van der Waals surface area contributed by atoms with Gasteiger partial charge in [0.05, 0.1) is 17.6 Å². The molecule has 4 heteroatoms. The van der Waals surface area contributed by atoms with E-state index in [9.17, 15) is 0 Å². The lowest BCUT2D eigenvalue weighted by molar-refractivity contribution is 0.340. The summed E-state index contributed by atoms with van der Waals surface area (Å²) < 4.78 is 7.91. The van der Waals surface area contributed by atoms with Gasteiger partial charge in [-0.25, -0.2) is 4.98 Å². The molecule has 0 aliphatic carbocycles. The maximum atomic E-state index is 5.57. The topological polar surface area (TPSA) is 39.1 Å². The van der Waals surface area contributed by atoms with Crippen LogP contribution in [0.1, 0.15) is 39.9 Å². The number of nitrogens with one attached hydrogen (secondary N) is 1. The van der Waals surface area contributed by atoms with Crippen LogP contribution in [0, 0.1) is 0 Å². The van der Waals surface area contributed by atoms with Crippen LogP contribution in [0.4, 0.5) is 0 Å². The first kappa shape index (κ1) is 15.8. The monoisotopic (exact) mass is 289 g/mol. The summed E-state index contributed by atoms with van der Waals surface area (Å²) in [6.07, 6.45) is 2.07. The van der Waals surface area contributed by atoms with E-state index in [1.54, 1.807) is 0 Å². The predicted octanol–water partition coefficient (Wildman–Crippen LogP) is 3.39. The largest absolute Gasteiger partial charge is 0.494 e. The molecule has 1 aromatic carbocycles. The summed E-state index contributed by atoms with van der Waals surface area (Å²) in [6, 6.07) is 6.72. The standard InChI is InChI=1S/C17H27N3O/c1-5-11-20-16-8-7-14(21-6-2)12-15(16)19-17(20)9-10-18-13(3)4/h7-8,12-13,18H,5-6,9-11H2,1-4H3. The third-order valence-electron chi connectivity index (χ3n) is 3.46. The lowest BCUT2D eigenvalue weighted by atomic mass is 10.3. The Hall–Kier alpha value is -1.55. The lowest BCUT2D eigenvalue weighted by Gasteiger charge is -2.10. The van der Waals surface area contributed by atoms with Crippen LogP contribution in [-0.4, -0.2) is 28.7 Å². The maximum Gasteiger partial charge on any atom is 0.121 e. The normalized spacial score (nSPS) is 11.5. The van der Waals surface area contributed by atoms with Crippen molar-refractivity contribution < 1.29 is 4.74 Å². The molecule has 116 valence electrons. The van der Waals surface area contributed by atoms with E-state index >= 15 is 0 Å². The molecule has 0 radical (unpaired) electrons. The summed E-state index contributed by atoms with van der Waals surface area (Å²) in [4.78, 5) is 4.81. The zero-order valence-electron chi connectivity index (χ0n) is 13.6. The molecule has 2 aromatic rings. The molecule has 0 aliphatic rings.